The second-order valence-corrected chi connectivity index (χ2v) is 8.37. The molecule has 0 N–H and O–H groups in total. The topological polar surface area (TPSA) is 65.7 Å². The summed E-state index contributed by atoms with van der Waals surface area (Å²) >= 11 is 0. The summed E-state index contributed by atoms with van der Waals surface area (Å²) in [6.45, 7) is 4.77. The van der Waals surface area contributed by atoms with Crippen molar-refractivity contribution in [2.24, 2.45) is 5.92 Å². The Morgan fingerprint density at radius 2 is 1.87 bits per heavy atom. The zero-order chi connectivity index (χ0) is 21.2. The first-order chi connectivity index (χ1) is 15.2. The van der Waals surface area contributed by atoms with Crippen molar-refractivity contribution in [3.63, 3.8) is 0 Å². The number of nitrogens with zero attached hydrogens (tertiary/aromatic N) is 5. The number of likely N-dealkylation sites (N-methyl/N-ethyl adjacent to an activating group) is 1. The van der Waals surface area contributed by atoms with Crippen LogP contribution in [0.5, 0.6) is 0 Å². The fourth-order valence-corrected chi connectivity index (χ4v) is 4.51. The molecule has 160 valence electrons. The van der Waals surface area contributed by atoms with Gasteiger partial charge >= 0.3 is 0 Å². The predicted octanol–water partition coefficient (Wildman–Crippen LogP) is 3.08. The summed E-state index contributed by atoms with van der Waals surface area (Å²) in [4.78, 5) is 28.4. The number of amides is 1. The third-order valence-electron chi connectivity index (χ3n) is 6.35. The van der Waals surface area contributed by atoms with Crippen molar-refractivity contribution < 1.29 is 9.21 Å². The third kappa shape index (κ3) is 4.05. The van der Waals surface area contributed by atoms with Gasteiger partial charge in [0.15, 0.2) is 12.2 Å². The van der Waals surface area contributed by atoms with Crippen molar-refractivity contribution in [3.05, 3.63) is 60.7 Å². The molecule has 7 heteroatoms. The molecule has 2 aliphatic rings. The predicted molar refractivity (Wildman–Crippen MR) is 120 cm³/mol. The molecule has 1 atom stereocenters. The van der Waals surface area contributed by atoms with E-state index < -0.39 is 0 Å². The third-order valence-corrected chi connectivity index (χ3v) is 6.35. The lowest BCUT2D eigenvalue weighted by Crippen LogP contribution is -2.45. The molecule has 0 bridgehead atoms. The van der Waals surface area contributed by atoms with Crippen LogP contribution in [0.4, 0.5) is 11.5 Å². The van der Waals surface area contributed by atoms with Gasteiger partial charge < -0.3 is 19.1 Å². The van der Waals surface area contributed by atoms with Crippen molar-refractivity contribution in [1.29, 1.82) is 0 Å². The molecule has 0 saturated carbocycles. The molecule has 7 nitrogen and oxygen atoms in total. The molecule has 1 unspecified atom stereocenters. The molecule has 2 aromatic heterocycles. The van der Waals surface area contributed by atoms with Crippen molar-refractivity contribution in [2.45, 2.75) is 12.8 Å². The van der Waals surface area contributed by atoms with Gasteiger partial charge in [-0.25, -0.2) is 9.97 Å². The van der Waals surface area contributed by atoms with E-state index in [9.17, 15) is 4.79 Å². The van der Waals surface area contributed by atoms with E-state index >= 15 is 0 Å². The first kappa shape index (κ1) is 19.8. The zero-order valence-corrected chi connectivity index (χ0v) is 17.8. The Hall–Kier alpha value is -3.19. The summed E-state index contributed by atoms with van der Waals surface area (Å²) in [5.74, 6) is 1.95. The molecular weight excluding hydrogens is 390 g/mol. The van der Waals surface area contributed by atoms with E-state index in [1.54, 1.807) is 6.20 Å². The molecule has 0 radical (unpaired) electrons. The number of hydrogen-bond acceptors (Lipinski definition) is 6. The molecule has 2 fully saturated rings. The normalized spacial score (nSPS) is 19.9. The number of aromatic nitrogens is 2. The lowest BCUT2D eigenvalue weighted by molar-refractivity contribution is -0.120. The smallest absolute Gasteiger partial charge is 0.230 e. The van der Waals surface area contributed by atoms with Gasteiger partial charge in [0.1, 0.15) is 5.82 Å². The maximum absolute atomic E-state index is 13.2. The van der Waals surface area contributed by atoms with Gasteiger partial charge in [-0.15, -0.1) is 0 Å². The zero-order valence-electron chi connectivity index (χ0n) is 17.8. The van der Waals surface area contributed by atoms with Crippen molar-refractivity contribution >= 4 is 17.4 Å². The molecule has 5 rings (SSSR count). The van der Waals surface area contributed by atoms with Crippen molar-refractivity contribution in [2.75, 3.05) is 49.6 Å². The highest BCUT2D eigenvalue weighted by Crippen LogP contribution is 2.31. The Morgan fingerprint density at radius 1 is 1.06 bits per heavy atom. The van der Waals surface area contributed by atoms with Gasteiger partial charge in [0.25, 0.3) is 0 Å². The van der Waals surface area contributed by atoms with Gasteiger partial charge in [0, 0.05) is 56.1 Å². The van der Waals surface area contributed by atoms with Crippen LogP contribution in [-0.2, 0) is 11.2 Å². The van der Waals surface area contributed by atoms with Gasteiger partial charge in [0.05, 0.1) is 6.20 Å². The summed E-state index contributed by atoms with van der Waals surface area (Å²) in [6.07, 6.45) is 6.57. The molecule has 0 aliphatic carbocycles. The lowest BCUT2D eigenvalue weighted by atomic mass is 9.98. The maximum atomic E-state index is 13.2. The lowest BCUT2D eigenvalue weighted by Gasteiger charge is -2.34. The Labute approximate surface area is 182 Å². The standard InChI is InChI=1S/C24H27N5O2/c1-27-11-13-28(14-12-27)23-19(3-2-9-26-23)15-20-8-10-29(24(20)30)21-6-4-18(5-7-21)22-16-25-17-31-22/h2-7,9,16-17,20H,8,10-15H2,1H3. The molecule has 1 aromatic carbocycles. The molecule has 1 amide bonds. The fraction of sp³-hybridized carbons (Fsp3) is 0.375. The van der Waals surface area contributed by atoms with Gasteiger partial charge in [-0.05, 0) is 55.8 Å². The van der Waals surface area contributed by atoms with Crippen LogP contribution in [0.2, 0.25) is 0 Å². The number of rotatable bonds is 5. The number of pyridine rings is 1. The SMILES string of the molecule is CN1CCN(c2ncccc2CC2CCN(c3ccc(-c4cnco4)cc3)C2=O)CC1. The summed E-state index contributed by atoms with van der Waals surface area (Å²) in [5, 5.41) is 0. The Morgan fingerprint density at radius 3 is 2.61 bits per heavy atom. The number of hydrogen-bond donors (Lipinski definition) is 0. The van der Waals surface area contributed by atoms with E-state index in [0.717, 1.165) is 68.4 Å². The van der Waals surface area contributed by atoms with Gasteiger partial charge in [-0.2, -0.15) is 0 Å². The first-order valence-corrected chi connectivity index (χ1v) is 10.9. The van der Waals surface area contributed by atoms with Crippen molar-refractivity contribution in [1.82, 2.24) is 14.9 Å². The fourth-order valence-electron chi connectivity index (χ4n) is 4.51. The molecular formula is C24H27N5O2. The number of oxazole rings is 1. The van der Waals surface area contributed by atoms with Crippen molar-refractivity contribution in [3.8, 4) is 11.3 Å². The average Bonchev–Trinajstić information content (AvgIpc) is 3.46. The highest BCUT2D eigenvalue weighted by molar-refractivity contribution is 5.97. The van der Waals surface area contributed by atoms with Crippen LogP contribution in [0, 0.1) is 5.92 Å². The number of carbonyl (C=O) groups excluding carboxylic acids is 1. The van der Waals surface area contributed by atoms with Crippen LogP contribution in [0.15, 0.2) is 59.6 Å². The first-order valence-electron chi connectivity index (χ1n) is 10.9. The summed E-state index contributed by atoms with van der Waals surface area (Å²) < 4.78 is 5.35. The molecule has 3 aromatic rings. The van der Waals surface area contributed by atoms with E-state index in [1.165, 1.54) is 12.0 Å². The molecule has 31 heavy (non-hydrogen) atoms. The minimum Gasteiger partial charge on any atom is -0.444 e. The number of carbonyl (C=O) groups is 1. The van der Waals surface area contributed by atoms with Gasteiger partial charge in [0.2, 0.25) is 5.91 Å². The molecule has 2 aliphatic heterocycles. The second kappa shape index (κ2) is 8.51. The van der Waals surface area contributed by atoms with E-state index in [0.29, 0.717) is 0 Å². The highest BCUT2D eigenvalue weighted by Gasteiger charge is 2.33. The van der Waals surface area contributed by atoms with E-state index in [1.807, 2.05) is 41.4 Å². The Balaban J connectivity index is 1.29. The summed E-state index contributed by atoms with van der Waals surface area (Å²) in [6, 6.07) is 12.0. The van der Waals surface area contributed by atoms with Crippen LogP contribution in [0.25, 0.3) is 11.3 Å². The van der Waals surface area contributed by atoms with Crippen LogP contribution >= 0.6 is 0 Å². The number of benzene rings is 1. The number of piperazine rings is 1. The van der Waals surface area contributed by atoms with E-state index in [4.69, 9.17) is 4.42 Å². The van der Waals surface area contributed by atoms with Crippen LogP contribution in [0.1, 0.15) is 12.0 Å². The summed E-state index contributed by atoms with van der Waals surface area (Å²) in [5.41, 5.74) is 3.06. The second-order valence-electron chi connectivity index (χ2n) is 8.37. The molecule has 2 saturated heterocycles. The van der Waals surface area contributed by atoms with Crippen LogP contribution in [-0.4, -0.2) is 60.5 Å². The Kier molecular flexibility index (Phi) is 5.42. The minimum atomic E-state index is -0.00985. The van der Waals surface area contributed by atoms with E-state index in [2.05, 4.69) is 32.9 Å². The molecule has 4 heterocycles. The van der Waals surface area contributed by atoms with E-state index in [-0.39, 0.29) is 11.8 Å². The molecule has 0 spiro atoms. The van der Waals surface area contributed by atoms with Gasteiger partial charge in [-0.1, -0.05) is 6.07 Å². The largest absolute Gasteiger partial charge is 0.444 e. The Bertz CT molecular complexity index is 1030. The van der Waals surface area contributed by atoms with Crippen LogP contribution in [0.3, 0.4) is 0 Å². The average molecular weight is 418 g/mol. The number of anilines is 2. The maximum Gasteiger partial charge on any atom is 0.230 e. The quantitative estimate of drug-likeness (QED) is 0.636. The summed E-state index contributed by atoms with van der Waals surface area (Å²) in [7, 11) is 2.15. The van der Waals surface area contributed by atoms with Gasteiger partial charge in [-0.3, -0.25) is 4.79 Å². The highest BCUT2D eigenvalue weighted by atomic mass is 16.3. The minimum absolute atomic E-state index is 0.00985. The monoisotopic (exact) mass is 417 g/mol. The van der Waals surface area contributed by atoms with Crippen LogP contribution < -0.4 is 9.80 Å².